The minimum absolute atomic E-state index is 0.0529. The number of carboxylic acid groups (broad SMARTS) is 1. The smallest absolute Gasteiger partial charge is 0.335 e. The fourth-order valence-electron chi connectivity index (χ4n) is 9.70. The van der Waals surface area contributed by atoms with Crippen LogP contribution in [-0.2, 0) is 42.9 Å². The number of rotatable bonds is 56. The van der Waals surface area contributed by atoms with E-state index in [1.807, 2.05) is 0 Å². The van der Waals surface area contributed by atoms with Crippen molar-refractivity contribution in [3.8, 4) is 0 Å². The number of unbranched alkanes of at least 4 members (excludes halogenated alkanes) is 30. The molecule has 0 aliphatic carbocycles. The van der Waals surface area contributed by atoms with Crippen LogP contribution in [0, 0.1) is 0 Å². The number of hydrogen-bond acceptors (Lipinski definition) is 11. The Balaban J connectivity index is 2.66. The number of esters is 3. The summed E-state index contributed by atoms with van der Waals surface area (Å²) in [6.07, 6.45) is 59.9. The summed E-state index contributed by atoms with van der Waals surface area (Å²) in [6, 6.07) is 0. The van der Waals surface area contributed by atoms with Gasteiger partial charge in [-0.05, 0) is 109 Å². The number of carbonyl (C=O) groups is 4. The van der Waals surface area contributed by atoms with Gasteiger partial charge in [0.2, 0.25) is 0 Å². The predicted octanol–water partition coefficient (Wildman–Crippen LogP) is 17.7. The van der Waals surface area contributed by atoms with Crippen LogP contribution in [0.4, 0.5) is 0 Å². The lowest BCUT2D eigenvalue weighted by molar-refractivity contribution is -0.301. The molecule has 1 fully saturated rings. The molecular formula is C69H118O12. The molecule has 0 radical (unpaired) electrons. The number of allylic oxidation sites excluding steroid dienone is 12. The van der Waals surface area contributed by atoms with Crippen molar-refractivity contribution in [3.63, 3.8) is 0 Å². The Bertz CT molecular complexity index is 1680. The zero-order chi connectivity index (χ0) is 58.9. The molecule has 1 heterocycles. The highest BCUT2D eigenvalue weighted by Crippen LogP contribution is 2.27. The minimum Gasteiger partial charge on any atom is -0.479 e. The lowest BCUT2D eigenvalue weighted by Gasteiger charge is -2.40. The van der Waals surface area contributed by atoms with Gasteiger partial charge in [0.05, 0.1) is 6.61 Å². The lowest BCUT2D eigenvalue weighted by Crippen LogP contribution is -2.61. The quantitative estimate of drug-likeness (QED) is 0.0228. The van der Waals surface area contributed by atoms with Crippen molar-refractivity contribution < 1.29 is 58.2 Å². The third-order valence-electron chi connectivity index (χ3n) is 14.7. The van der Waals surface area contributed by atoms with Crippen LogP contribution in [0.25, 0.3) is 0 Å². The molecule has 0 amide bonds. The van der Waals surface area contributed by atoms with Crippen LogP contribution in [0.2, 0.25) is 0 Å². The summed E-state index contributed by atoms with van der Waals surface area (Å²) in [7, 11) is 0. The number of carboxylic acids is 1. The highest BCUT2D eigenvalue weighted by molar-refractivity contribution is 5.74. The van der Waals surface area contributed by atoms with Crippen molar-refractivity contribution in [2.24, 2.45) is 0 Å². The first kappa shape index (κ1) is 75.2. The molecule has 1 aliphatic rings. The summed E-state index contributed by atoms with van der Waals surface area (Å²) in [5, 5.41) is 31.6. The molecule has 0 spiro atoms. The maximum absolute atomic E-state index is 13.2. The third kappa shape index (κ3) is 46.3. The van der Waals surface area contributed by atoms with E-state index in [4.69, 9.17) is 23.7 Å². The average molecular weight is 1140 g/mol. The molecule has 1 aliphatic heterocycles. The van der Waals surface area contributed by atoms with E-state index in [0.717, 1.165) is 135 Å². The van der Waals surface area contributed by atoms with Gasteiger partial charge in [-0.15, -0.1) is 0 Å². The molecule has 0 saturated carbocycles. The monoisotopic (exact) mass is 1140 g/mol. The molecule has 6 unspecified atom stereocenters. The number of aliphatic hydroxyl groups excluding tert-OH is 2. The van der Waals surface area contributed by atoms with Crippen molar-refractivity contribution in [2.75, 3.05) is 13.2 Å². The first-order valence-electron chi connectivity index (χ1n) is 32.9. The third-order valence-corrected chi connectivity index (χ3v) is 14.7. The van der Waals surface area contributed by atoms with Crippen molar-refractivity contribution in [1.82, 2.24) is 0 Å². The van der Waals surface area contributed by atoms with Crippen LogP contribution < -0.4 is 0 Å². The normalized spacial score (nSPS) is 18.2. The Labute approximate surface area is 493 Å². The van der Waals surface area contributed by atoms with Crippen molar-refractivity contribution in [3.05, 3.63) is 72.9 Å². The number of ether oxygens (including phenoxy) is 5. The maximum atomic E-state index is 13.2. The second-order valence-corrected chi connectivity index (χ2v) is 22.4. The van der Waals surface area contributed by atoms with E-state index in [1.165, 1.54) is 96.3 Å². The van der Waals surface area contributed by atoms with E-state index >= 15 is 0 Å². The van der Waals surface area contributed by atoms with E-state index in [2.05, 4.69) is 93.7 Å². The van der Waals surface area contributed by atoms with Crippen LogP contribution in [0.1, 0.15) is 290 Å². The van der Waals surface area contributed by atoms with Crippen LogP contribution >= 0.6 is 0 Å². The molecule has 1 rings (SSSR count). The summed E-state index contributed by atoms with van der Waals surface area (Å²) >= 11 is 0. The van der Waals surface area contributed by atoms with Gasteiger partial charge in [0.15, 0.2) is 24.6 Å². The molecule has 12 heteroatoms. The Morgan fingerprint density at radius 1 is 0.420 bits per heavy atom. The van der Waals surface area contributed by atoms with Crippen LogP contribution in [0.15, 0.2) is 72.9 Å². The van der Waals surface area contributed by atoms with Crippen LogP contribution in [0.3, 0.4) is 0 Å². The molecule has 6 atom stereocenters. The van der Waals surface area contributed by atoms with Gasteiger partial charge in [-0.1, -0.05) is 235 Å². The van der Waals surface area contributed by atoms with Gasteiger partial charge < -0.3 is 39.0 Å². The second kappa shape index (κ2) is 56.6. The molecule has 466 valence electrons. The summed E-state index contributed by atoms with van der Waals surface area (Å²) in [6.45, 7) is 5.87. The molecule has 12 nitrogen and oxygen atoms in total. The molecule has 0 aromatic heterocycles. The van der Waals surface area contributed by atoms with Gasteiger partial charge >= 0.3 is 23.9 Å². The van der Waals surface area contributed by atoms with E-state index in [9.17, 15) is 34.5 Å². The first-order valence-corrected chi connectivity index (χ1v) is 32.9. The summed E-state index contributed by atoms with van der Waals surface area (Å²) < 4.78 is 28.5. The van der Waals surface area contributed by atoms with Crippen molar-refractivity contribution in [2.45, 2.75) is 327 Å². The van der Waals surface area contributed by atoms with E-state index in [1.54, 1.807) is 0 Å². The first-order chi connectivity index (χ1) is 39.6. The summed E-state index contributed by atoms with van der Waals surface area (Å²) in [5.41, 5.74) is 0. The van der Waals surface area contributed by atoms with Gasteiger partial charge in [-0.25, -0.2) is 4.79 Å². The highest BCUT2D eigenvalue weighted by Gasteiger charge is 2.50. The molecule has 0 aromatic carbocycles. The molecule has 3 N–H and O–H groups in total. The van der Waals surface area contributed by atoms with Gasteiger partial charge in [-0.3, -0.25) is 14.4 Å². The van der Waals surface area contributed by atoms with Crippen molar-refractivity contribution >= 4 is 23.9 Å². The highest BCUT2D eigenvalue weighted by atomic mass is 16.7. The number of carbonyl (C=O) groups excluding carboxylic acids is 3. The van der Waals surface area contributed by atoms with E-state index in [0.29, 0.717) is 19.3 Å². The summed E-state index contributed by atoms with van der Waals surface area (Å²) in [5.74, 6) is -3.13. The molecule has 0 aromatic rings. The Morgan fingerprint density at radius 2 is 0.778 bits per heavy atom. The van der Waals surface area contributed by atoms with Gasteiger partial charge in [0.25, 0.3) is 0 Å². The number of aliphatic hydroxyl groups is 2. The zero-order valence-electron chi connectivity index (χ0n) is 51.5. The topological polar surface area (TPSA) is 175 Å². The molecule has 1 saturated heterocycles. The Kier molecular flexibility index (Phi) is 52.6. The Morgan fingerprint density at radius 3 is 1.22 bits per heavy atom. The fraction of sp³-hybridized carbons (Fsp3) is 0.768. The number of aliphatic carboxylic acids is 1. The fourth-order valence-corrected chi connectivity index (χ4v) is 9.70. The molecule has 0 bridgehead atoms. The van der Waals surface area contributed by atoms with Gasteiger partial charge in [0, 0.05) is 19.3 Å². The van der Waals surface area contributed by atoms with Gasteiger partial charge in [-0.2, -0.15) is 0 Å². The van der Waals surface area contributed by atoms with Gasteiger partial charge in [0.1, 0.15) is 18.8 Å². The molecule has 81 heavy (non-hydrogen) atoms. The predicted molar refractivity (Wildman–Crippen MR) is 331 cm³/mol. The standard InChI is InChI=1S/C69H118O12/c1-4-7-10-13-16-19-22-25-28-30-31-33-36-39-42-45-48-51-54-57-63(72)80-67-65(74)64(73)66(68(75)76)81-69(67)78-59-60(79-62(71)56-53-50-47-44-41-38-34-27-24-21-18-15-12-9-6-3)58-77-61(70)55-52-49-46-43-40-37-35-32-29-26-23-20-17-14-11-8-5-2/h8,11,16-17,19-20,25-29,34,60,64-67,69,73-74H,4-7,9-10,12-15,18,21-24,30-33,35-59H2,1-3H3,(H,75,76)/b11-8-,19-16-,20-17-,28-25-,29-26-,34-27-. The number of hydrogen-bond donors (Lipinski definition) is 3. The largest absolute Gasteiger partial charge is 0.479 e. The maximum Gasteiger partial charge on any atom is 0.335 e. The van der Waals surface area contributed by atoms with Crippen LogP contribution in [-0.4, -0.2) is 89.2 Å². The van der Waals surface area contributed by atoms with E-state index < -0.39 is 67.3 Å². The van der Waals surface area contributed by atoms with Crippen molar-refractivity contribution in [1.29, 1.82) is 0 Å². The zero-order valence-corrected chi connectivity index (χ0v) is 51.5. The van der Waals surface area contributed by atoms with E-state index in [-0.39, 0.29) is 25.9 Å². The Hall–Kier alpha value is -3.84. The SMILES string of the molecule is CC/C=C\C/C=C\C/C=C\CCCCCCCCCC(=O)OCC(COC1OC(C(=O)O)C(O)C(O)C1OC(=O)CCCCCCCCCCC/C=C\C/C=C\CCCCC)OC(=O)CCCCCCC/C=C\CCCCCCCC. The van der Waals surface area contributed by atoms with Crippen LogP contribution in [0.5, 0.6) is 0 Å². The minimum atomic E-state index is -1.91. The second-order valence-electron chi connectivity index (χ2n) is 22.4. The lowest BCUT2D eigenvalue weighted by atomic mass is 9.98. The average Bonchev–Trinajstić information content (AvgIpc) is 3.53. The summed E-state index contributed by atoms with van der Waals surface area (Å²) in [4.78, 5) is 51.3. The molecular weight excluding hydrogens is 1020 g/mol.